The fourth-order valence-electron chi connectivity index (χ4n) is 2.13. The van der Waals surface area contributed by atoms with Crippen LogP contribution in [0.15, 0.2) is 28.7 Å². The molecule has 3 nitrogen and oxygen atoms in total. The largest absolute Gasteiger partial charge is 0.390 e. The minimum absolute atomic E-state index is 0.295. The summed E-state index contributed by atoms with van der Waals surface area (Å²) in [4.78, 5) is 2.33. The van der Waals surface area contributed by atoms with Crippen LogP contribution in [0.3, 0.4) is 0 Å². The van der Waals surface area contributed by atoms with Crippen molar-refractivity contribution in [2.45, 2.75) is 18.9 Å². The van der Waals surface area contributed by atoms with Crippen molar-refractivity contribution in [3.8, 4) is 0 Å². The van der Waals surface area contributed by atoms with Crippen molar-refractivity contribution in [3.63, 3.8) is 0 Å². The molecular formula is C13H19BrN2O. The molecule has 4 heteroatoms. The molecule has 2 rings (SSSR count). The van der Waals surface area contributed by atoms with Crippen molar-refractivity contribution >= 4 is 21.6 Å². The molecule has 0 aliphatic carbocycles. The van der Waals surface area contributed by atoms with Crippen molar-refractivity contribution < 1.29 is 5.11 Å². The number of benzene rings is 1. The van der Waals surface area contributed by atoms with Crippen LogP contribution in [0.2, 0.25) is 0 Å². The maximum atomic E-state index is 9.91. The van der Waals surface area contributed by atoms with Gasteiger partial charge in [-0.2, -0.15) is 0 Å². The van der Waals surface area contributed by atoms with Crippen molar-refractivity contribution in [2.24, 2.45) is 0 Å². The molecule has 1 heterocycles. The second kappa shape index (κ2) is 6.38. The van der Waals surface area contributed by atoms with Crippen LogP contribution in [0, 0.1) is 0 Å². The van der Waals surface area contributed by atoms with Crippen molar-refractivity contribution in [1.82, 2.24) is 4.90 Å². The predicted molar refractivity (Wildman–Crippen MR) is 74.3 cm³/mol. The second-order valence-electron chi connectivity index (χ2n) is 4.55. The number of β-amino-alcohol motifs (C(OH)–C–C–N with tert-alkyl or cyclic N) is 1. The Morgan fingerprint density at radius 3 is 2.53 bits per heavy atom. The summed E-state index contributed by atoms with van der Waals surface area (Å²) in [6.07, 6.45) is 2.25. The lowest BCUT2D eigenvalue weighted by atomic mass is 10.3. The van der Waals surface area contributed by atoms with E-state index in [0.29, 0.717) is 6.54 Å². The zero-order valence-corrected chi connectivity index (χ0v) is 11.5. The molecule has 1 unspecified atom stereocenters. The van der Waals surface area contributed by atoms with Crippen LogP contribution < -0.4 is 5.32 Å². The molecule has 0 amide bonds. The summed E-state index contributed by atoms with van der Waals surface area (Å²) in [5, 5.41) is 13.2. The minimum atomic E-state index is -0.295. The molecule has 17 heavy (non-hydrogen) atoms. The van der Waals surface area contributed by atoms with Crippen molar-refractivity contribution in [3.05, 3.63) is 28.7 Å². The van der Waals surface area contributed by atoms with Gasteiger partial charge in [-0.15, -0.1) is 0 Å². The Morgan fingerprint density at radius 2 is 1.88 bits per heavy atom. The zero-order valence-electron chi connectivity index (χ0n) is 9.90. The first-order valence-corrected chi connectivity index (χ1v) is 6.93. The molecular weight excluding hydrogens is 280 g/mol. The molecule has 1 fully saturated rings. The van der Waals surface area contributed by atoms with Gasteiger partial charge < -0.3 is 15.3 Å². The molecule has 1 atom stereocenters. The second-order valence-corrected chi connectivity index (χ2v) is 5.47. The topological polar surface area (TPSA) is 35.5 Å². The van der Waals surface area contributed by atoms with E-state index in [4.69, 9.17) is 0 Å². The lowest BCUT2D eigenvalue weighted by molar-refractivity contribution is 0.135. The number of likely N-dealkylation sites (tertiary alicyclic amines) is 1. The van der Waals surface area contributed by atoms with Gasteiger partial charge in [-0.05, 0) is 50.2 Å². The van der Waals surface area contributed by atoms with E-state index in [9.17, 15) is 5.11 Å². The minimum Gasteiger partial charge on any atom is -0.390 e. The summed E-state index contributed by atoms with van der Waals surface area (Å²) in [7, 11) is 0. The summed E-state index contributed by atoms with van der Waals surface area (Å²) < 4.78 is 1.07. The third-order valence-electron chi connectivity index (χ3n) is 3.05. The molecule has 0 aromatic heterocycles. The van der Waals surface area contributed by atoms with E-state index in [1.165, 1.54) is 12.8 Å². The van der Waals surface area contributed by atoms with Crippen LogP contribution in [0.4, 0.5) is 5.69 Å². The van der Waals surface area contributed by atoms with Gasteiger partial charge in [0.15, 0.2) is 0 Å². The average molecular weight is 299 g/mol. The van der Waals surface area contributed by atoms with Crippen LogP contribution in [-0.2, 0) is 0 Å². The Balaban J connectivity index is 1.71. The third kappa shape index (κ3) is 4.30. The Morgan fingerprint density at radius 1 is 1.24 bits per heavy atom. The summed E-state index contributed by atoms with van der Waals surface area (Å²) in [5.41, 5.74) is 1.05. The SMILES string of the molecule is OC(CNc1ccc(Br)cc1)CN1CCCC1. The first-order chi connectivity index (χ1) is 8.24. The standard InChI is InChI=1S/C13H19BrN2O/c14-11-3-5-12(6-4-11)15-9-13(17)10-16-7-1-2-8-16/h3-6,13,15,17H,1-2,7-10H2. The predicted octanol–water partition coefficient (Wildman–Crippen LogP) is 2.32. The van der Waals surface area contributed by atoms with Crippen LogP contribution in [0.25, 0.3) is 0 Å². The lowest BCUT2D eigenvalue weighted by Gasteiger charge is -2.20. The molecule has 1 aliphatic heterocycles. The Hall–Kier alpha value is -0.580. The first-order valence-electron chi connectivity index (χ1n) is 6.14. The zero-order chi connectivity index (χ0) is 12.1. The number of anilines is 1. The van der Waals surface area contributed by atoms with E-state index in [1.54, 1.807) is 0 Å². The molecule has 1 aromatic rings. The average Bonchev–Trinajstić information content (AvgIpc) is 2.81. The quantitative estimate of drug-likeness (QED) is 0.876. The van der Waals surface area contributed by atoms with E-state index in [0.717, 1.165) is 29.8 Å². The van der Waals surface area contributed by atoms with Crippen LogP contribution in [0.5, 0.6) is 0 Å². The number of rotatable bonds is 5. The summed E-state index contributed by atoms with van der Waals surface area (Å²) in [6, 6.07) is 8.00. The monoisotopic (exact) mass is 298 g/mol. The first kappa shape index (κ1) is 12.9. The third-order valence-corrected chi connectivity index (χ3v) is 3.58. The van der Waals surface area contributed by atoms with E-state index in [1.807, 2.05) is 24.3 Å². The fraction of sp³-hybridized carbons (Fsp3) is 0.538. The van der Waals surface area contributed by atoms with Crippen LogP contribution >= 0.6 is 15.9 Å². The highest BCUT2D eigenvalue weighted by molar-refractivity contribution is 9.10. The van der Waals surface area contributed by atoms with Gasteiger partial charge >= 0.3 is 0 Å². The van der Waals surface area contributed by atoms with E-state index in [-0.39, 0.29) is 6.10 Å². The van der Waals surface area contributed by atoms with Gasteiger partial charge in [-0.3, -0.25) is 0 Å². The molecule has 2 N–H and O–H groups in total. The van der Waals surface area contributed by atoms with Crippen LogP contribution in [0.1, 0.15) is 12.8 Å². The number of aliphatic hydroxyl groups excluding tert-OH is 1. The molecule has 1 saturated heterocycles. The molecule has 1 aliphatic rings. The van der Waals surface area contributed by atoms with E-state index in [2.05, 4.69) is 26.1 Å². The van der Waals surface area contributed by atoms with Crippen molar-refractivity contribution in [1.29, 1.82) is 0 Å². The Labute approximate surface area is 111 Å². The lowest BCUT2D eigenvalue weighted by Crippen LogP contribution is -2.34. The van der Waals surface area contributed by atoms with Gasteiger partial charge in [0.05, 0.1) is 6.10 Å². The number of hydrogen-bond donors (Lipinski definition) is 2. The maximum Gasteiger partial charge on any atom is 0.0839 e. The molecule has 0 bridgehead atoms. The van der Waals surface area contributed by atoms with Gasteiger partial charge in [0.1, 0.15) is 0 Å². The van der Waals surface area contributed by atoms with Crippen LogP contribution in [-0.4, -0.2) is 42.3 Å². The highest BCUT2D eigenvalue weighted by Crippen LogP contribution is 2.14. The highest BCUT2D eigenvalue weighted by atomic mass is 79.9. The smallest absolute Gasteiger partial charge is 0.0839 e. The number of hydrogen-bond acceptors (Lipinski definition) is 3. The van der Waals surface area contributed by atoms with Gasteiger partial charge in [0.2, 0.25) is 0 Å². The van der Waals surface area contributed by atoms with Gasteiger partial charge in [-0.1, -0.05) is 15.9 Å². The van der Waals surface area contributed by atoms with E-state index >= 15 is 0 Å². The molecule has 1 aromatic carbocycles. The summed E-state index contributed by atoms with van der Waals surface area (Å²) in [5.74, 6) is 0. The maximum absolute atomic E-state index is 9.91. The molecule has 94 valence electrons. The Bertz CT molecular complexity index is 336. The van der Waals surface area contributed by atoms with E-state index < -0.39 is 0 Å². The summed E-state index contributed by atoms with van der Waals surface area (Å²) >= 11 is 3.40. The number of aliphatic hydroxyl groups is 1. The molecule has 0 spiro atoms. The fourth-order valence-corrected chi connectivity index (χ4v) is 2.40. The number of nitrogens with zero attached hydrogens (tertiary/aromatic N) is 1. The number of nitrogens with one attached hydrogen (secondary N) is 1. The normalized spacial score (nSPS) is 18.2. The Kier molecular flexibility index (Phi) is 4.83. The van der Waals surface area contributed by atoms with Gasteiger partial charge in [0, 0.05) is 23.2 Å². The summed E-state index contributed by atoms with van der Waals surface area (Å²) in [6.45, 7) is 3.66. The van der Waals surface area contributed by atoms with Gasteiger partial charge in [0.25, 0.3) is 0 Å². The van der Waals surface area contributed by atoms with Gasteiger partial charge in [-0.25, -0.2) is 0 Å². The highest BCUT2D eigenvalue weighted by Gasteiger charge is 2.15. The number of halogens is 1. The van der Waals surface area contributed by atoms with Crippen molar-refractivity contribution in [2.75, 3.05) is 31.5 Å². The molecule has 0 saturated carbocycles. The molecule has 0 radical (unpaired) electrons.